The predicted molar refractivity (Wildman–Crippen MR) is 109 cm³/mol. The normalized spacial score (nSPS) is 12.1. The lowest BCUT2D eigenvalue weighted by Gasteiger charge is -2.19. The van der Waals surface area contributed by atoms with Crippen molar-refractivity contribution in [1.82, 2.24) is 14.9 Å². The van der Waals surface area contributed by atoms with Gasteiger partial charge in [-0.3, -0.25) is 4.79 Å². The van der Waals surface area contributed by atoms with Crippen LogP contribution < -0.4 is 10.1 Å². The molecular weight excluding hydrogens is 422 g/mol. The third-order valence-corrected chi connectivity index (χ3v) is 5.04. The van der Waals surface area contributed by atoms with Gasteiger partial charge in [-0.2, -0.15) is 0 Å². The minimum atomic E-state index is -0.432. The highest BCUT2D eigenvalue weighted by Gasteiger charge is 2.23. The summed E-state index contributed by atoms with van der Waals surface area (Å²) in [5.41, 5.74) is 1.55. The van der Waals surface area contributed by atoms with Crippen molar-refractivity contribution in [3.63, 3.8) is 0 Å². The van der Waals surface area contributed by atoms with E-state index in [1.807, 2.05) is 60.3 Å². The molecule has 1 amide bonds. The van der Waals surface area contributed by atoms with Crippen LogP contribution in [0.3, 0.4) is 0 Å². The van der Waals surface area contributed by atoms with E-state index in [1.54, 1.807) is 19.4 Å². The molecule has 6 nitrogen and oxygen atoms in total. The average Bonchev–Trinajstić information content (AvgIpc) is 3.32. The van der Waals surface area contributed by atoms with Crippen LogP contribution in [-0.2, 0) is 7.05 Å². The number of hydrogen-bond acceptors (Lipinski definition) is 4. The Balaban J connectivity index is 1.67. The molecule has 28 heavy (non-hydrogen) atoms. The first kappa shape index (κ1) is 18.3. The van der Waals surface area contributed by atoms with Gasteiger partial charge in [0.25, 0.3) is 5.91 Å². The first-order chi connectivity index (χ1) is 13.5. The van der Waals surface area contributed by atoms with Crippen molar-refractivity contribution in [2.75, 3.05) is 7.11 Å². The molecule has 2 aromatic carbocycles. The fraction of sp³-hybridized carbons (Fsp3) is 0.143. The Morgan fingerprint density at radius 2 is 2.00 bits per heavy atom. The Labute approximate surface area is 170 Å². The summed E-state index contributed by atoms with van der Waals surface area (Å²) in [5, 5.41) is 3.90. The van der Waals surface area contributed by atoms with Gasteiger partial charge >= 0.3 is 0 Å². The van der Waals surface area contributed by atoms with E-state index in [9.17, 15) is 4.79 Å². The predicted octanol–water partition coefficient (Wildman–Crippen LogP) is 4.46. The number of amides is 1. The number of nitrogens with zero attached hydrogens (tertiary/aromatic N) is 2. The molecule has 0 bridgehead atoms. The van der Waals surface area contributed by atoms with Crippen LogP contribution >= 0.6 is 15.9 Å². The van der Waals surface area contributed by atoms with Crippen LogP contribution in [0.15, 0.2) is 69.8 Å². The molecule has 142 valence electrons. The summed E-state index contributed by atoms with van der Waals surface area (Å²) in [4.78, 5) is 17.4. The highest BCUT2D eigenvalue weighted by atomic mass is 79.9. The van der Waals surface area contributed by atoms with Crippen LogP contribution in [0.2, 0.25) is 0 Å². The second kappa shape index (κ2) is 7.52. The van der Waals surface area contributed by atoms with E-state index in [1.165, 1.54) is 0 Å². The van der Waals surface area contributed by atoms with Gasteiger partial charge in [-0.15, -0.1) is 0 Å². The molecule has 0 aliphatic carbocycles. The van der Waals surface area contributed by atoms with Crippen LogP contribution in [0, 0.1) is 0 Å². The summed E-state index contributed by atoms with van der Waals surface area (Å²) >= 11 is 3.43. The molecule has 1 unspecified atom stereocenters. The Morgan fingerprint density at radius 1 is 1.21 bits per heavy atom. The molecule has 2 aromatic heterocycles. The van der Waals surface area contributed by atoms with Crippen molar-refractivity contribution in [1.29, 1.82) is 0 Å². The van der Waals surface area contributed by atoms with Gasteiger partial charge in [0.1, 0.15) is 23.2 Å². The van der Waals surface area contributed by atoms with Gasteiger partial charge in [0.2, 0.25) is 0 Å². The van der Waals surface area contributed by atoms with Crippen LogP contribution in [0.1, 0.15) is 28.0 Å². The minimum absolute atomic E-state index is 0.251. The number of aromatic nitrogens is 2. The van der Waals surface area contributed by atoms with E-state index in [-0.39, 0.29) is 11.7 Å². The van der Waals surface area contributed by atoms with Crippen LogP contribution in [0.25, 0.3) is 11.0 Å². The van der Waals surface area contributed by atoms with Crippen molar-refractivity contribution in [2.45, 2.75) is 6.04 Å². The van der Waals surface area contributed by atoms with Crippen molar-refractivity contribution >= 4 is 32.8 Å². The molecule has 0 saturated heterocycles. The largest absolute Gasteiger partial charge is 0.497 e. The van der Waals surface area contributed by atoms with E-state index >= 15 is 0 Å². The van der Waals surface area contributed by atoms with Crippen molar-refractivity contribution in [3.05, 3.63) is 82.5 Å². The molecular formula is C21H18BrN3O3. The molecule has 1 N–H and O–H groups in total. The van der Waals surface area contributed by atoms with Crippen molar-refractivity contribution < 1.29 is 13.9 Å². The number of furan rings is 1. The summed E-state index contributed by atoms with van der Waals surface area (Å²) in [5.74, 6) is 1.41. The number of rotatable bonds is 5. The van der Waals surface area contributed by atoms with Crippen molar-refractivity contribution in [2.24, 2.45) is 7.05 Å². The average molecular weight is 440 g/mol. The summed E-state index contributed by atoms with van der Waals surface area (Å²) in [6.45, 7) is 0. The zero-order chi connectivity index (χ0) is 19.7. The fourth-order valence-corrected chi connectivity index (χ4v) is 3.46. The number of hydrogen-bond donors (Lipinski definition) is 1. The summed E-state index contributed by atoms with van der Waals surface area (Å²) in [6, 6.07) is 14.5. The number of halogens is 1. The number of carbonyl (C=O) groups excluding carboxylic acids is 1. The molecule has 0 fully saturated rings. The Hall–Kier alpha value is -3.06. The standard InChI is InChI=1S/C21H18BrN3O3/c1-25-10-9-23-20(25)19(13-3-6-16(27-2)7-4-13)24-21(26)18-12-14-11-15(22)5-8-17(14)28-18/h3-12,19H,1-2H3,(H,24,26). The lowest BCUT2D eigenvalue weighted by Crippen LogP contribution is -2.30. The number of imidazole rings is 1. The number of aryl methyl sites for hydroxylation is 1. The summed E-state index contributed by atoms with van der Waals surface area (Å²) in [7, 11) is 3.51. The van der Waals surface area contributed by atoms with E-state index in [4.69, 9.17) is 9.15 Å². The minimum Gasteiger partial charge on any atom is -0.497 e. The zero-order valence-electron chi connectivity index (χ0n) is 15.3. The SMILES string of the molecule is COc1ccc(C(NC(=O)c2cc3cc(Br)ccc3o2)c2nccn2C)cc1. The third kappa shape index (κ3) is 3.53. The monoisotopic (exact) mass is 439 g/mol. The maximum atomic E-state index is 12.9. The highest BCUT2D eigenvalue weighted by Crippen LogP contribution is 2.26. The Bertz CT molecular complexity index is 1130. The van der Waals surface area contributed by atoms with Gasteiger partial charge in [-0.05, 0) is 42.0 Å². The van der Waals surface area contributed by atoms with E-state index in [0.29, 0.717) is 5.58 Å². The first-order valence-corrected chi connectivity index (χ1v) is 9.45. The van der Waals surface area contributed by atoms with Crippen LogP contribution in [0.4, 0.5) is 0 Å². The number of fused-ring (bicyclic) bond motifs is 1. The van der Waals surface area contributed by atoms with Gasteiger partial charge in [-0.1, -0.05) is 28.1 Å². The molecule has 2 heterocycles. The fourth-order valence-electron chi connectivity index (χ4n) is 3.08. The number of methoxy groups -OCH3 is 1. The molecule has 0 spiro atoms. The lowest BCUT2D eigenvalue weighted by atomic mass is 10.1. The van der Waals surface area contributed by atoms with Crippen LogP contribution in [-0.4, -0.2) is 22.6 Å². The molecule has 1 atom stereocenters. The molecule has 0 radical (unpaired) electrons. The van der Waals surface area contributed by atoms with Gasteiger partial charge in [0.15, 0.2) is 5.76 Å². The molecule has 0 saturated carbocycles. The Morgan fingerprint density at radius 3 is 2.68 bits per heavy atom. The molecule has 7 heteroatoms. The number of ether oxygens (including phenoxy) is 1. The van der Waals surface area contributed by atoms with Gasteiger partial charge < -0.3 is 19.0 Å². The molecule has 4 aromatic rings. The number of nitrogens with one attached hydrogen (secondary N) is 1. The zero-order valence-corrected chi connectivity index (χ0v) is 16.9. The number of carbonyl (C=O) groups is 1. The highest BCUT2D eigenvalue weighted by molar-refractivity contribution is 9.10. The second-order valence-corrected chi connectivity index (χ2v) is 7.28. The van der Waals surface area contributed by atoms with Crippen LogP contribution in [0.5, 0.6) is 5.75 Å². The maximum absolute atomic E-state index is 12.9. The molecule has 0 aliphatic heterocycles. The topological polar surface area (TPSA) is 69.3 Å². The summed E-state index contributed by atoms with van der Waals surface area (Å²) in [6.07, 6.45) is 3.55. The quantitative estimate of drug-likeness (QED) is 0.498. The van der Waals surface area contributed by atoms with Gasteiger partial charge in [0.05, 0.1) is 7.11 Å². The molecule has 4 rings (SSSR count). The van der Waals surface area contributed by atoms with E-state index < -0.39 is 6.04 Å². The summed E-state index contributed by atoms with van der Waals surface area (Å²) < 4.78 is 13.8. The van der Waals surface area contributed by atoms with Crippen molar-refractivity contribution in [3.8, 4) is 5.75 Å². The van der Waals surface area contributed by atoms with Gasteiger partial charge in [-0.25, -0.2) is 4.98 Å². The molecule has 0 aliphatic rings. The van der Waals surface area contributed by atoms with E-state index in [0.717, 1.165) is 27.0 Å². The Kier molecular flexibility index (Phi) is 4.92. The third-order valence-electron chi connectivity index (χ3n) is 4.54. The van der Waals surface area contributed by atoms with Gasteiger partial charge in [0, 0.05) is 29.3 Å². The smallest absolute Gasteiger partial charge is 0.287 e. The second-order valence-electron chi connectivity index (χ2n) is 6.37. The lowest BCUT2D eigenvalue weighted by molar-refractivity contribution is 0.0915. The maximum Gasteiger partial charge on any atom is 0.287 e. The first-order valence-electron chi connectivity index (χ1n) is 8.66. The number of benzene rings is 2. The van der Waals surface area contributed by atoms with E-state index in [2.05, 4.69) is 26.2 Å².